The van der Waals surface area contributed by atoms with E-state index in [1.54, 1.807) is 7.11 Å². The number of benzene rings is 3. The zero-order valence-electron chi connectivity index (χ0n) is 14.6. The van der Waals surface area contributed by atoms with E-state index in [1.807, 2.05) is 0 Å². The fourth-order valence-electron chi connectivity index (χ4n) is 3.56. The number of rotatable bonds is 5. The van der Waals surface area contributed by atoms with Crippen LogP contribution in [0.25, 0.3) is 0 Å². The van der Waals surface area contributed by atoms with Gasteiger partial charge in [0.15, 0.2) is 0 Å². The number of hydrogen-bond acceptors (Lipinski definition) is 1. The van der Waals surface area contributed by atoms with Crippen molar-refractivity contribution < 1.29 is 4.74 Å². The van der Waals surface area contributed by atoms with E-state index in [-0.39, 0.29) is 0 Å². The molecule has 24 heavy (non-hydrogen) atoms. The van der Waals surface area contributed by atoms with E-state index in [4.69, 9.17) is 4.74 Å². The summed E-state index contributed by atoms with van der Waals surface area (Å²) in [5.74, 6) is 0.932. The largest absolute Gasteiger partial charge is 0.497 e. The van der Waals surface area contributed by atoms with Gasteiger partial charge < -0.3 is 4.74 Å². The van der Waals surface area contributed by atoms with E-state index in [9.17, 15) is 0 Å². The summed E-state index contributed by atoms with van der Waals surface area (Å²) in [5.41, 5.74) is 3.26. The molecular formula is C22H24OSi. The van der Waals surface area contributed by atoms with Crippen LogP contribution in [-0.4, -0.2) is 15.9 Å². The minimum atomic E-state index is -1.36. The molecule has 0 fully saturated rings. The lowest BCUT2D eigenvalue weighted by molar-refractivity contribution is 0.414. The maximum atomic E-state index is 5.37. The first kappa shape index (κ1) is 16.5. The Bertz CT molecular complexity index is 744. The molecule has 1 nitrogen and oxygen atoms in total. The van der Waals surface area contributed by atoms with Gasteiger partial charge in [0, 0.05) is 0 Å². The number of ether oxygens (including phenoxy) is 1. The number of hydrogen-bond donors (Lipinski definition) is 0. The molecule has 0 spiro atoms. The van der Waals surface area contributed by atoms with Gasteiger partial charge in [-0.2, -0.15) is 0 Å². The van der Waals surface area contributed by atoms with Crippen molar-refractivity contribution in [1.82, 2.24) is 0 Å². The van der Waals surface area contributed by atoms with Crippen LogP contribution in [0, 0.1) is 6.92 Å². The molecule has 3 rings (SSSR count). The molecule has 0 unspecified atom stereocenters. The molecule has 0 aliphatic heterocycles. The Morgan fingerprint density at radius 3 is 1.79 bits per heavy atom. The molecule has 0 aliphatic carbocycles. The summed E-state index contributed by atoms with van der Waals surface area (Å²) >= 11 is 0. The lowest BCUT2D eigenvalue weighted by Gasteiger charge is -2.25. The first-order chi connectivity index (χ1) is 11.7. The van der Waals surface area contributed by atoms with Crippen LogP contribution in [0.15, 0.2) is 78.9 Å². The summed E-state index contributed by atoms with van der Waals surface area (Å²) in [6.07, 6.45) is 0. The molecule has 0 aliphatic rings. The average Bonchev–Trinajstić information content (AvgIpc) is 2.63. The highest BCUT2D eigenvalue weighted by Crippen LogP contribution is 2.25. The molecule has 0 saturated carbocycles. The molecule has 0 bridgehead atoms. The van der Waals surface area contributed by atoms with Gasteiger partial charge in [0.1, 0.15) is 14.5 Å². The normalized spacial score (nSPS) is 12.2. The van der Waals surface area contributed by atoms with Crippen LogP contribution in [0.2, 0.25) is 0 Å². The summed E-state index contributed by atoms with van der Waals surface area (Å²) in [4.78, 5) is 0. The van der Waals surface area contributed by atoms with Crippen LogP contribution in [0.3, 0.4) is 0 Å². The highest BCUT2D eigenvalue weighted by Gasteiger charge is 2.25. The SMILES string of the molecule is COc1ccc([C@@H](C)[SiH](c2ccccc2)c2ccccc2)c(C)c1. The van der Waals surface area contributed by atoms with E-state index < -0.39 is 8.80 Å². The first-order valence-electron chi connectivity index (χ1n) is 8.45. The van der Waals surface area contributed by atoms with E-state index in [0.29, 0.717) is 5.54 Å². The zero-order chi connectivity index (χ0) is 16.9. The molecule has 0 heterocycles. The second-order valence-electron chi connectivity index (χ2n) is 6.31. The minimum Gasteiger partial charge on any atom is -0.497 e. The van der Waals surface area contributed by atoms with Crippen molar-refractivity contribution in [3.05, 3.63) is 90.0 Å². The van der Waals surface area contributed by atoms with Crippen LogP contribution >= 0.6 is 0 Å². The van der Waals surface area contributed by atoms with Gasteiger partial charge in [-0.1, -0.05) is 84.0 Å². The average molecular weight is 333 g/mol. The molecule has 0 amide bonds. The van der Waals surface area contributed by atoms with Gasteiger partial charge in [-0.15, -0.1) is 0 Å². The molecule has 2 heteroatoms. The topological polar surface area (TPSA) is 9.23 Å². The van der Waals surface area contributed by atoms with Crippen LogP contribution in [0.5, 0.6) is 5.75 Å². The van der Waals surface area contributed by atoms with Crippen molar-refractivity contribution in [2.75, 3.05) is 7.11 Å². The van der Waals surface area contributed by atoms with Crippen LogP contribution < -0.4 is 15.1 Å². The lowest BCUT2D eigenvalue weighted by Crippen LogP contribution is -2.46. The van der Waals surface area contributed by atoms with E-state index in [2.05, 4.69) is 92.7 Å². The quantitative estimate of drug-likeness (QED) is 0.648. The van der Waals surface area contributed by atoms with Crippen LogP contribution in [-0.2, 0) is 0 Å². The Hall–Kier alpha value is -2.32. The molecule has 122 valence electrons. The van der Waals surface area contributed by atoms with Gasteiger partial charge in [0.2, 0.25) is 0 Å². The maximum absolute atomic E-state index is 5.37. The van der Waals surface area contributed by atoms with Crippen molar-refractivity contribution >= 4 is 19.2 Å². The molecule has 3 aromatic carbocycles. The second-order valence-corrected chi connectivity index (χ2v) is 9.60. The second kappa shape index (κ2) is 7.50. The van der Waals surface area contributed by atoms with Crippen LogP contribution in [0.4, 0.5) is 0 Å². The number of methoxy groups -OCH3 is 1. The van der Waals surface area contributed by atoms with Crippen molar-refractivity contribution in [1.29, 1.82) is 0 Å². The Labute approximate surface area is 146 Å². The first-order valence-corrected chi connectivity index (χ1v) is 10.3. The monoisotopic (exact) mass is 332 g/mol. The summed E-state index contributed by atoms with van der Waals surface area (Å²) in [6, 6.07) is 28.5. The summed E-state index contributed by atoms with van der Waals surface area (Å²) in [7, 11) is 0.361. The molecule has 3 aromatic rings. The van der Waals surface area contributed by atoms with Gasteiger partial charge in [-0.25, -0.2) is 0 Å². The third kappa shape index (κ3) is 3.44. The predicted octanol–water partition coefficient (Wildman–Crippen LogP) is 3.69. The Kier molecular flexibility index (Phi) is 5.16. The smallest absolute Gasteiger partial charge is 0.119 e. The zero-order valence-corrected chi connectivity index (χ0v) is 15.7. The van der Waals surface area contributed by atoms with Gasteiger partial charge in [0.05, 0.1) is 7.11 Å². The van der Waals surface area contributed by atoms with E-state index >= 15 is 0 Å². The van der Waals surface area contributed by atoms with E-state index in [1.165, 1.54) is 21.5 Å². The Morgan fingerprint density at radius 1 is 0.792 bits per heavy atom. The fraction of sp³-hybridized carbons (Fsp3) is 0.182. The van der Waals surface area contributed by atoms with Crippen molar-refractivity contribution in [2.24, 2.45) is 0 Å². The van der Waals surface area contributed by atoms with Crippen LogP contribution in [0.1, 0.15) is 23.6 Å². The van der Waals surface area contributed by atoms with Crippen molar-refractivity contribution in [3.63, 3.8) is 0 Å². The minimum absolute atomic E-state index is 0.515. The summed E-state index contributed by atoms with van der Waals surface area (Å²) < 4.78 is 5.37. The maximum Gasteiger partial charge on any atom is 0.119 e. The fourth-order valence-corrected chi connectivity index (χ4v) is 7.10. The lowest BCUT2D eigenvalue weighted by atomic mass is 10.1. The molecule has 1 atom stereocenters. The molecular weight excluding hydrogens is 308 g/mol. The summed E-state index contributed by atoms with van der Waals surface area (Å²) in [6.45, 7) is 4.57. The van der Waals surface area contributed by atoms with E-state index in [0.717, 1.165) is 5.75 Å². The van der Waals surface area contributed by atoms with Gasteiger partial charge in [0.25, 0.3) is 0 Å². The Balaban J connectivity index is 2.06. The third-order valence-corrected chi connectivity index (χ3v) is 8.35. The molecule has 0 N–H and O–H groups in total. The van der Waals surface area contributed by atoms with Crippen molar-refractivity contribution in [2.45, 2.75) is 19.4 Å². The molecule has 0 aromatic heterocycles. The molecule has 0 radical (unpaired) electrons. The molecule has 0 saturated heterocycles. The summed E-state index contributed by atoms with van der Waals surface area (Å²) in [5, 5.41) is 2.98. The number of aryl methyl sites for hydroxylation is 1. The predicted molar refractivity (Wildman–Crippen MR) is 105 cm³/mol. The highest BCUT2D eigenvalue weighted by atomic mass is 28.3. The standard InChI is InChI=1S/C22H24OSi/c1-17-16-19(23-3)14-15-22(17)18(2)24(20-10-6-4-7-11-20)21-12-8-5-9-13-21/h4-16,18,24H,1-3H3/t18-/m1/s1. The Morgan fingerprint density at radius 2 is 1.33 bits per heavy atom. The van der Waals surface area contributed by atoms with Gasteiger partial charge in [-0.05, 0) is 35.7 Å². The third-order valence-electron chi connectivity index (χ3n) is 4.78. The van der Waals surface area contributed by atoms with Gasteiger partial charge in [-0.3, -0.25) is 0 Å². The van der Waals surface area contributed by atoms with Crippen molar-refractivity contribution in [3.8, 4) is 5.75 Å². The highest BCUT2D eigenvalue weighted by molar-refractivity contribution is 6.86. The van der Waals surface area contributed by atoms with Gasteiger partial charge >= 0.3 is 0 Å².